The summed E-state index contributed by atoms with van der Waals surface area (Å²) >= 11 is 0. The molecule has 0 spiro atoms. The minimum Gasteiger partial charge on any atom is -0.237 e. The highest BCUT2D eigenvalue weighted by Crippen LogP contribution is 2.26. The summed E-state index contributed by atoms with van der Waals surface area (Å²) in [7, 11) is 0. The van der Waals surface area contributed by atoms with Gasteiger partial charge in [0.2, 0.25) is 0 Å². The average molecular weight is 196 g/mol. The van der Waals surface area contributed by atoms with Crippen LogP contribution in [-0.4, -0.2) is 9.97 Å². The van der Waals surface area contributed by atoms with E-state index in [0.29, 0.717) is 0 Å². The third-order valence-electron chi connectivity index (χ3n) is 2.91. The molecule has 2 aromatic heterocycles. The molecule has 0 amide bonds. The normalized spacial score (nSPS) is 14.9. The third kappa shape index (κ3) is 1.33. The first-order chi connectivity index (χ1) is 7.34. The van der Waals surface area contributed by atoms with Crippen molar-refractivity contribution in [1.29, 1.82) is 0 Å². The summed E-state index contributed by atoms with van der Waals surface area (Å²) in [6.07, 6.45) is 6.28. The van der Waals surface area contributed by atoms with Gasteiger partial charge in [-0.1, -0.05) is 6.08 Å². The summed E-state index contributed by atoms with van der Waals surface area (Å²) in [5.41, 5.74) is 4.62. The Kier molecular flexibility index (Phi) is 1.81. The van der Waals surface area contributed by atoms with Gasteiger partial charge in [-0.25, -0.2) is 9.97 Å². The smallest absolute Gasteiger partial charge is 0.159 e. The molecule has 1 aliphatic rings. The van der Waals surface area contributed by atoms with Gasteiger partial charge in [0.05, 0.1) is 5.69 Å². The second kappa shape index (κ2) is 3.16. The predicted octanol–water partition coefficient (Wildman–Crippen LogP) is 2.98. The van der Waals surface area contributed by atoms with Crippen LogP contribution in [0.5, 0.6) is 0 Å². The molecular formula is C13H12N2. The number of nitrogens with zero attached hydrogens (tertiary/aromatic N) is 2. The van der Waals surface area contributed by atoms with Crippen molar-refractivity contribution in [1.82, 2.24) is 9.97 Å². The summed E-state index contributed by atoms with van der Waals surface area (Å²) in [6.45, 7) is 2.12. The molecule has 3 rings (SSSR count). The Bertz CT molecular complexity index is 555. The SMILES string of the molecule is CC1=CCCc2cc3cccnc3nc21. The molecule has 15 heavy (non-hydrogen) atoms. The molecule has 2 heterocycles. The van der Waals surface area contributed by atoms with E-state index in [1.165, 1.54) is 11.1 Å². The molecule has 0 radical (unpaired) electrons. The third-order valence-corrected chi connectivity index (χ3v) is 2.91. The Morgan fingerprint density at radius 1 is 1.33 bits per heavy atom. The maximum absolute atomic E-state index is 4.62. The van der Waals surface area contributed by atoms with Gasteiger partial charge in [0, 0.05) is 11.6 Å². The molecule has 0 aliphatic heterocycles. The molecule has 0 saturated heterocycles. The number of fused-ring (bicyclic) bond motifs is 2. The van der Waals surface area contributed by atoms with E-state index in [1.807, 2.05) is 6.07 Å². The fraction of sp³-hybridized carbons (Fsp3) is 0.231. The largest absolute Gasteiger partial charge is 0.237 e. The number of aryl methyl sites for hydroxylation is 1. The number of allylic oxidation sites excluding steroid dienone is 2. The lowest BCUT2D eigenvalue weighted by molar-refractivity contribution is 0.957. The summed E-state index contributed by atoms with van der Waals surface area (Å²) < 4.78 is 0. The minimum atomic E-state index is 0.853. The molecule has 0 atom stereocenters. The quantitative estimate of drug-likeness (QED) is 0.647. The Morgan fingerprint density at radius 2 is 2.27 bits per heavy atom. The predicted molar refractivity (Wildman–Crippen MR) is 61.5 cm³/mol. The summed E-state index contributed by atoms with van der Waals surface area (Å²) in [6, 6.07) is 6.26. The molecule has 0 saturated carbocycles. The van der Waals surface area contributed by atoms with E-state index in [2.05, 4.69) is 35.1 Å². The molecule has 0 N–H and O–H groups in total. The zero-order valence-corrected chi connectivity index (χ0v) is 8.70. The van der Waals surface area contributed by atoms with Crippen molar-refractivity contribution in [2.75, 3.05) is 0 Å². The molecule has 2 nitrogen and oxygen atoms in total. The van der Waals surface area contributed by atoms with Gasteiger partial charge in [0.25, 0.3) is 0 Å². The first-order valence-corrected chi connectivity index (χ1v) is 5.26. The van der Waals surface area contributed by atoms with Crippen LogP contribution in [0.15, 0.2) is 30.5 Å². The summed E-state index contributed by atoms with van der Waals surface area (Å²) in [5.74, 6) is 0. The maximum Gasteiger partial charge on any atom is 0.159 e. The van der Waals surface area contributed by atoms with Gasteiger partial charge in [-0.05, 0) is 49.1 Å². The highest BCUT2D eigenvalue weighted by atomic mass is 14.8. The molecule has 74 valence electrons. The van der Waals surface area contributed by atoms with Crippen LogP contribution in [0.3, 0.4) is 0 Å². The van der Waals surface area contributed by atoms with E-state index >= 15 is 0 Å². The molecule has 0 aromatic carbocycles. The van der Waals surface area contributed by atoms with E-state index in [4.69, 9.17) is 0 Å². The molecule has 0 bridgehead atoms. The number of hydrogen-bond acceptors (Lipinski definition) is 2. The highest BCUT2D eigenvalue weighted by molar-refractivity contribution is 5.79. The van der Waals surface area contributed by atoms with Crippen molar-refractivity contribution < 1.29 is 0 Å². The van der Waals surface area contributed by atoms with Crippen LogP contribution < -0.4 is 0 Å². The molecule has 0 unspecified atom stereocenters. The van der Waals surface area contributed by atoms with E-state index in [-0.39, 0.29) is 0 Å². The van der Waals surface area contributed by atoms with E-state index in [1.54, 1.807) is 6.20 Å². The van der Waals surface area contributed by atoms with Crippen LogP contribution in [-0.2, 0) is 6.42 Å². The van der Waals surface area contributed by atoms with Crippen LogP contribution in [0.2, 0.25) is 0 Å². The van der Waals surface area contributed by atoms with E-state index in [9.17, 15) is 0 Å². The highest BCUT2D eigenvalue weighted by Gasteiger charge is 2.12. The molecular weight excluding hydrogens is 184 g/mol. The van der Waals surface area contributed by atoms with Gasteiger partial charge in [-0.2, -0.15) is 0 Å². The lowest BCUT2D eigenvalue weighted by atomic mass is 9.95. The van der Waals surface area contributed by atoms with Crippen molar-refractivity contribution in [2.24, 2.45) is 0 Å². The lowest BCUT2D eigenvalue weighted by Gasteiger charge is -2.14. The van der Waals surface area contributed by atoms with E-state index < -0.39 is 0 Å². The Morgan fingerprint density at radius 3 is 3.20 bits per heavy atom. The average Bonchev–Trinajstić information content (AvgIpc) is 2.27. The van der Waals surface area contributed by atoms with Crippen molar-refractivity contribution in [2.45, 2.75) is 19.8 Å². The number of aromatic nitrogens is 2. The van der Waals surface area contributed by atoms with Crippen LogP contribution in [0.25, 0.3) is 16.6 Å². The maximum atomic E-state index is 4.62. The Labute approximate surface area is 88.7 Å². The lowest BCUT2D eigenvalue weighted by Crippen LogP contribution is -2.01. The number of hydrogen-bond donors (Lipinski definition) is 0. The monoisotopic (exact) mass is 196 g/mol. The van der Waals surface area contributed by atoms with Crippen molar-refractivity contribution in [3.63, 3.8) is 0 Å². The Balaban J connectivity index is 2.34. The van der Waals surface area contributed by atoms with Crippen LogP contribution in [0, 0.1) is 0 Å². The first-order valence-electron chi connectivity index (χ1n) is 5.26. The zero-order valence-electron chi connectivity index (χ0n) is 8.70. The van der Waals surface area contributed by atoms with Crippen molar-refractivity contribution in [3.05, 3.63) is 41.7 Å². The Hall–Kier alpha value is -1.70. The molecule has 2 aromatic rings. The van der Waals surface area contributed by atoms with E-state index in [0.717, 1.165) is 29.6 Å². The fourth-order valence-corrected chi connectivity index (χ4v) is 2.12. The fourth-order valence-electron chi connectivity index (χ4n) is 2.12. The van der Waals surface area contributed by atoms with Crippen molar-refractivity contribution in [3.8, 4) is 0 Å². The first kappa shape index (κ1) is 8.60. The number of rotatable bonds is 0. The summed E-state index contributed by atoms with van der Waals surface area (Å²) in [5, 5.41) is 1.14. The zero-order chi connectivity index (χ0) is 10.3. The second-order valence-corrected chi connectivity index (χ2v) is 3.97. The second-order valence-electron chi connectivity index (χ2n) is 3.97. The van der Waals surface area contributed by atoms with Crippen LogP contribution >= 0.6 is 0 Å². The number of pyridine rings is 2. The van der Waals surface area contributed by atoms with Gasteiger partial charge < -0.3 is 0 Å². The van der Waals surface area contributed by atoms with Gasteiger partial charge >= 0.3 is 0 Å². The van der Waals surface area contributed by atoms with Gasteiger partial charge in [0.15, 0.2) is 5.65 Å². The van der Waals surface area contributed by atoms with Gasteiger partial charge in [0.1, 0.15) is 0 Å². The molecule has 1 aliphatic carbocycles. The van der Waals surface area contributed by atoms with Gasteiger partial charge in [-0.3, -0.25) is 0 Å². The van der Waals surface area contributed by atoms with Crippen LogP contribution in [0.1, 0.15) is 24.6 Å². The molecule has 2 heteroatoms. The van der Waals surface area contributed by atoms with Gasteiger partial charge in [-0.15, -0.1) is 0 Å². The minimum absolute atomic E-state index is 0.853. The van der Waals surface area contributed by atoms with Crippen LogP contribution in [0.4, 0.5) is 0 Å². The standard InChI is InChI=1S/C13H12N2/c1-9-4-2-5-10-8-11-6-3-7-14-13(11)15-12(9)10/h3-4,6-8H,2,5H2,1H3. The molecule has 0 fully saturated rings. The van der Waals surface area contributed by atoms with Crippen molar-refractivity contribution >= 4 is 16.6 Å². The topological polar surface area (TPSA) is 25.8 Å². The summed E-state index contributed by atoms with van der Waals surface area (Å²) in [4.78, 5) is 8.90.